The Balaban J connectivity index is 1.46. The number of fused-ring (bicyclic) bond motifs is 2. The van der Waals surface area contributed by atoms with Crippen molar-refractivity contribution >= 4 is 11.6 Å². The smallest absolute Gasteiger partial charge is 0.174 e. The Hall–Kier alpha value is -5.38. The van der Waals surface area contributed by atoms with Gasteiger partial charge < -0.3 is 39.4 Å². The van der Waals surface area contributed by atoms with Crippen LogP contribution in [-0.4, -0.2) is 46.2 Å². The van der Waals surface area contributed by atoms with Gasteiger partial charge in [0, 0.05) is 23.8 Å². The van der Waals surface area contributed by atoms with E-state index in [0.717, 1.165) is 0 Å². The van der Waals surface area contributed by atoms with Crippen LogP contribution in [-0.2, 0) is 0 Å². The van der Waals surface area contributed by atoms with Gasteiger partial charge in [-0.2, -0.15) is 0 Å². The molecule has 0 saturated carbocycles. The molecule has 2 atom stereocenters. The van der Waals surface area contributed by atoms with E-state index in [0.29, 0.717) is 16.9 Å². The second-order valence-electron chi connectivity index (χ2n) is 10.0. The molecule has 42 heavy (non-hydrogen) atoms. The highest BCUT2D eigenvalue weighted by atomic mass is 16.5. The second-order valence-corrected chi connectivity index (χ2v) is 10.0. The van der Waals surface area contributed by atoms with Gasteiger partial charge >= 0.3 is 0 Å². The summed E-state index contributed by atoms with van der Waals surface area (Å²) in [6.45, 7) is 0. The van der Waals surface area contributed by atoms with Gasteiger partial charge in [0.05, 0.1) is 32.6 Å². The molecule has 6 rings (SSSR count). The maximum Gasteiger partial charge on any atom is 0.174 e. The van der Waals surface area contributed by atoms with Crippen LogP contribution in [0.3, 0.4) is 0 Å². The summed E-state index contributed by atoms with van der Waals surface area (Å²) < 4.78 is 23.2. The van der Waals surface area contributed by atoms with Gasteiger partial charge in [0.15, 0.2) is 11.6 Å². The van der Waals surface area contributed by atoms with Gasteiger partial charge in [0.25, 0.3) is 0 Å². The van der Waals surface area contributed by atoms with Crippen molar-refractivity contribution in [2.45, 2.75) is 25.0 Å². The molecule has 10 heteroatoms. The average Bonchev–Trinajstić information content (AvgIpc) is 2.97. The molecule has 2 aliphatic heterocycles. The predicted octanol–water partition coefficient (Wildman–Crippen LogP) is 5.61. The van der Waals surface area contributed by atoms with Gasteiger partial charge in [-0.3, -0.25) is 9.59 Å². The maximum absolute atomic E-state index is 13.3. The first-order valence-corrected chi connectivity index (χ1v) is 13.0. The summed E-state index contributed by atoms with van der Waals surface area (Å²) in [4.78, 5) is 26.3. The molecule has 4 aromatic carbocycles. The molecule has 0 aromatic heterocycles. The van der Waals surface area contributed by atoms with Crippen molar-refractivity contribution in [2.75, 3.05) is 14.2 Å². The number of carbonyl (C=O) groups excluding carboxylic acids is 2. The predicted molar refractivity (Wildman–Crippen MR) is 149 cm³/mol. The first-order chi connectivity index (χ1) is 20.2. The Morgan fingerprint density at radius 3 is 2.00 bits per heavy atom. The molecule has 0 saturated heterocycles. The number of phenolic OH excluding ortho intramolecular Hbond substituents is 4. The van der Waals surface area contributed by atoms with Crippen LogP contribution >= 0.6 is 0 Å². The number of phenols is 4. The topological polar surface area (TPSA) is 152 Å². The summed E-state index contributed by atoms with van der Waals surface area (Å²) in [5.41, 5.74) is 1.60. The Labute approximate surface area is 239 Å². The molecule has 0 spiro atoms. The molecule has 0 amide bonds. The Kier molecular flexibility index (Phi) is 6.53. The monoisotopic (exact) mass is 570 g/mol. The highest BCUT2D eigenvalue weighted by Gasteiger charge is 2.36. The molecule has 0 aliphatic carbocycles. The SMILES string of the molecule is COc1cc(O)c2c(c1)O[C@H](c1ccc(O)c(-c3c(OC)cc(O)c4c3O[C@@H](c3ccc(O)cc3)CC4=O)c1)CC2=O. The normalized spacial score (nSPS) is 17.5. The molecule has 0 bridgehead atoms. The Bertz CT molecular complexity index is 1740. The number of Topliss-reactive ketones (excluding diaryl/α,β-unsaturated/α-hetero) is 2. The van der Waals surface area contributed by atoms with Crippen LogP contribution in [0.1, 0.15) is 56.9 Å². The van der Waals surface area contributed by atoms with Gasteiger partial charge in [0.2, 0.25) is 0 Å². The van der Waals surface area contributed by atoms with Gasteiger partial charge in [-0.05, 0) is 35.4 Å². The third kappa shape index (κ3) is 4.46. The zero-order chi connectivity index (χ0) is 29.7. The number of hydrogen-bond acceptors (Lipinski definition) is 10. The van der Waals surface area contributed by atoms with E-state index in [2.05, 4.69) is 0 Å². The zero-order valence-electron chi connectivity index (χ0n) is 22.6. The van der Waals surface area contributed by atoms with E-state index in [4.69, 9.17) is 18.9 Å². The van der Waals surface area contributed by atoms with E-state index in [1.165, 1.54) is 50.6 Å². The van der Waals surface area contributed by atoms with E-state index >= 15 is 0 Å². The minimum atomic E-state index is -0.776. The number of hydrogen-bond donors (Lipinski definition) is 4. The van der Waals surface area contributed by atoms with E-state index < -0.39 is 12.2 Å². The number of methoxy groups -OCH3 is 2. The third-order valence-corrected chi connectivity index (χ3v) is 7.49. The molecular weight excluding hydrogens is 544 g/mol. The molecule has 10 nitrogen and oxygen atoms in total. The first kappa shape index (κ1) is 26.8. The van der Waals surface area contributed by atoms with Gasteiger partial charge in [-0.15, -0.1) is 0 Å². The fourth-order valence-electron chi connectivity index (χ4n) is 5.43. The fourth-order valence-corrected chi connectivity index (χ4v) is 5.43. The molecular formula is C32H26O10. The molecule has 2 heterocycles. The summed E-state index contributed by atoms with van der Waals surface area (Å²) in [7, 11) is 2.81. The van der Waals surface area contributed by atoms with Crippen molar-refractivity contribution in [3.05, 3.63) is 82.9 Å². The van der Waals surface area contributed by atoms with Crippen LogP contribution in [0.15, 0.2) is 60.7 Å². The van der Waals surface area contributed by atoms with E-state index in [-0.39, 0.29) is 86.9 Å². The maximum atomic E-state index is 13.3. The minimum absolute atomic E-state index is 0.0225. The van der Waals surface area contributed by atoms with Crippen LogP contribution in [0.4, 0.5) is 0 Å². The summed E-state index contributed by atoms with van der Waals surface area (Å²) in [5.74, 6) is -0.763. The second kappa shape index (κ2) is 10.2. The third-order valence-electron chi connectivity index (χ3n) is 7.49. The van der Waals surface area contributed by atoms with Crippen LogP contribution < -0.4 is 18.9 Å². The number of carbonyl (C=O) groups is 2. The summed E-state index contributed by atoms with van der Waals surface area (Å²) in [6.07, 6.45) is -1.65. The minimum Gasteiger partial charge on any atom is -0.508 e. The molecule has 4 aromatic rings. The van der Waals surface area contributed by atoms with Crippen LogP contribution in [0.5, 0.6) is 46.0 Å². The Morgan fingerprint density at radius 1 is 0.667 bits per heavy atom. The molecule has 214 valence electrons. The standard InChI is InChI=1S/C32H26O10/c1-39-18-10-21(35)30-22(36)12-26(41-28(30)11-18)16-5-8-20(34)19(9-16)29-27(40-2)14-24(38)31-23(37)13-25(42-32(29)31)15-3-6-17(33)7-4-15/h3-11,14,25-26,33-35,38H,12-13H2,1-2H3/t25-,26+/m1/s1. The molecule has 4 N–H and O–H groups in total. The van der Waals surface area contributed by atoms with E-state index in [1.807, 2.05) is 0 Å². The summed E-state index contributed by atoms with van der Waals surface area (Å²) in [6, 6.07) is 15.0. The molecule has 0 fully saturated rings. The molecule has 2 aliphatic rings. The molecule has 0 radical (unpaired) electrons. The van der Waals surface area contributed by atoms with Gasteiger partial charge in [-0.25, -0.2) is 0 Å². The van der Waals surface area contributed by atoms with Crippen LogP contribution in [0, 0.1) is 0 Å². The highest BCUT2D eigenvalue weighted by molar-refractivity contribution is 6.06. The van der Waals surface area contributed by atoms with Gasteiger partial charge in [-0.1, -0.05) is 18.2 Å². The average molecular weight is 571 g/mol. The highest BCUT2D eigenvalue weighted by Crippen LogP contribution is 2.52. The van der Waals surface area contributed by atoms with Gasteiger partial charge in [0.1, 0.15) is 69.3 Å². The van der Waals surface area contributed by atoms with Crippen LogP contribution in [0.2, 0.25) is 0 Å². The van der Waals surface area contributed by atoms with Crippen molar-refractivity contribution in [1.82, 2.24) is 0 Å². The number of rotatable bonds is 5. The first-order valence-electron chi connectivity index (χ1n) is 13.0. The number of benzene rings is 4. The van der Waals surface area contributed by atoms with Crippen molar-refractivity contribution < 1.29 is 49.0 Å². The van der Waals surface area contributed by atoms with Crippen molar-refractivity contribution in [2.24, 2.45) is 0 Å². The number of ketones is 2. The lowest BCUT2D eigenvalue weighted by atomic mass is 9.89. The zero-order valence-corrected chi connectivity index (χ0v) is 22.6. The summed E-state index contributed by atoms with van der Waals surface area (Å²) >= 11 is 0. The van der Waals surface area contributed by atoms with E-state index in [1.54, 1.807) is 24.3 Å². The number of ether oxygens (including phenoxy) is 4. The van der Waals surface area contributed by atoms with Crippen molar-refractivity contribution in [3.63, 3.8) is 0 Å². The largest absolute Gasteiger partial charge is 0.508 e. The quantitative estimate of drug-likeness (QED) is 0.238. The van der Waals surface area contributed by atoms with Crippen molar-refractivity contribution in [1.29, 1.82) is 0 Å². The lowest BCUT2D eigenvalue weighted by Crippen LogP contribution is -2.22. The fraction of sp³-hybridized carbons (Fsp3) is 0.188. The summed E-state index contributed by atoms with van der Waals surface area (Å²) in [5, 5.41) is 41.8. The lowest BCUT2D eigenvalue weighted by molar-refractivity contribution is 0.0834. The Morgan fingerprint density at radius 2 is 1.31 bits per heavy atom. The van der Waals surface area contributed by atoms with Crippen molar-refractivity contribution in [3.8, 4) is 57.1 Å². The van der Waals surface area contributed by atoms with Crippen LogP contribution in [0.25, 0.3) is 11.1 Å². The van der Waals surface area contributed by atoms with E-state index in [9.17, 15) is 30.0 Å². The number of aromatic hydroxyl groups is 4. The molecule has 0 unspecified atom stereocenters. The lowest BCUT2D eigenvalue weighted by Gasteiger charge is -2.30.